The van der Waals surface area contributed by atoms with Crippen LogP contribution in [0.15, 0.2) is 0 Å². The zero-order valence-electron chi connectivity index (χ0n) is 5.52. The SMILES string of the molecule is CSC(=O)[C@@H]1CCCN1. The minimum absolute atomic E-state index is 0.153. The molecule has 0 radical (unpaired) electrons. The second kappa shape index (κ2) is 3.22. The third-order valence-electron chi connectivity index (χ3n) is 1.55. The quantitative estimate of drug-likeness (QED) is 0.586. The molecule has 0 aliphatic carbocycles. The van der Waals surface area contributed by atoms with Gasteiger partial charge in [-0.3, -0.25) is 4.79 Å². The maximum Gasteiger partial charge on any atom is 0.205 e. The summed E-state index contributed by atoms with van der Waals surface area (Å²) in [4.78, 5) is 10.9. The molecule has 1 atom stereocenters. The molecular formula is C6H11NOS. The van der Waals surface area contributed by atoms with Gasteiger partial charge in [-0.1, -0.05) is 11.8 Å². The van der Waals surface area contributed by atoms with Gasteiger partial charge >= 0.3 is 0 Å². The van der Waals surface area contributed by atoms with Crippen molar-refractivity contribution < 1.29 is 4.79 Å². The molecule has 0 aromatic rings. The monoisotopic (exact) mass is 145 g/mol. The van der Waals surface area contributed by atoms with Crippen molar-refractivity contribution in [3.8, 4) is 0 Å². The molecular weight excluding hydrogens is 134 g/mol. The molecule has 3 heteroatoms. The van der Waals surface area contributed by atoms with E-state index < -0.39 is 0 Å². The van der Waals surface area contributed by atoms with Crippen LogP contribution in [0.4, 0.5) is 0 Å². The van der Waals surface area contributed by atoms with Gasteiger partial charge in [-0.15, -0.1) is 0 Å². The van der Waals surface area contributed by atoms with Crippen LogP contribution in [0.3, 0.4) is 0 Å². The van der Waals surface area contributed by atoms with Gasteiger partial charge in [0, 0.05) is 0 Å². The fourth-order valence-electron chi connectivity index (χ4n) is 1.03. The highest BCUT2D eigenvalue weighted by Crippen LogP contribution is 2.10. The maximum atomic E-state index is 10.9. The van der Waals surface area contributed by atoms with Crippen LogP contribution >= 0.6 is 11.8 Å². The molecule has 1 rings (SSSR count). The number of nitrogens with one attached hydrogen (secondary N) is 1. The van der Waals surface area contributed by atoms with Gasteiger partial charge in [0.2, 0.25) is 5.12 Å². The summed E-state index contributed by atoms with van der Waals surface area (Å²) in [6, 6.07) is 0.153. The van der Waals surface area contributed by atoms with Gasteiger partial charge in [-0.25, -0.2) is 0 Å². The summed E-state index contributed by atoms with van der Waals surface area (Å²) in [6.07, 6.45) is 4.01. The van der Waals surface area contributed by atoms with E-state index in [1.54, 1.807) is 0 Å². The summed E-state index contributed by atoms with van der Waals surface area (Å²) in [5.41, 5.74) is 0. The van der Waals surface area contributed by atoms with E-state index in [1.165, 1.54) is 11.8 Å². The average Bonchev–Trinajstić information content (AvgIpc) is 2.37. The molecule has 1 aliphatic heterocycles. The summed E-state index contributed by atoms with van der Waals surface area (Å²) in [6.45, 7) is 1.01. The van der Waals surface area contributed by atoms with Gasteiger partial charge in [0.25, 0.3) is 0 Å². The molecule has 52 valence electrons. The molecule has 1 N–H and O–H groups in total. The van der Waals surface area contributed by atoms with E-state index in [0.29, 0.717) is 0 Å². The summed E-state index contributed by atoms with van der Waals surface area (Å²) >= 11 is 1.32. The van der Waals surface area contributed by atoms with Crippen molar-refractivity contribution in [2.45, 2.75) is 18.9 Å². The van der Waals surface area contributed by atoms with E-state index in [4.69, 9.17) is 0 Å². The standard InChI is InChI=1S/C6H11NOS/c1-9-6(8)5-3-2-4-7-5/h5,7H,2-4H2,1H3/t5-/m0/s1. The average molecular weight is 145 g/mol. The van der Waals surface area contributed by atoms with Gasteiger partial charge in [-0.2, -0.15) is 0 Å². The molecule has 9 heavy (non-hydrogen) atoms. The second-order valence-corrected chi connectivity index (χ2v) is 2.98. The van der Waals surface area contributed by atoms with Crippen LogP contribution in [0.5, 0.6) is 0 Å². The Hall–Kier alpha value is -0.0200. The minimum Gasteiger partial charge on any atom is -0.307 e. The van der Waals surface area contributed by atoms with E-state index in [9.17, 15) is 4.79 Å². The lowest BCUT2D eigenvalue weighted by Gasteiger charge is -2.03. The Kier molecular flexibility index (Phi) is 2.54. The van der Waals surface area contributed by atoms with Crippen molar-refractivity contribution in [2.24, 2.45) is 0 Å². The van der Waals surface area contributed by atoms with Crippen LogP contribution in [-0.2, 0) is 4.79 Å². The Morgan fingerprint density at radius 3 is 3.00 bits per heavy atom. The Labute approximate surface area is 59.4 Å². The first-order chi connectivity index (χ1) is 4.34. The summed E-state index contributed by atoms with van der Waals surface area (Å²) in [5.74, 6) is 0. The zero-order chi connectivity index (χ0) is 6.69. The van der Waals surface area contributed by atoms with E-state index in [2.05, 4.69) is 5.32 Å². The van der Waals surface area contributed by atoms with Crippen molar-refractivity contribution in [3.63, 3.8) is 0 Å². The highest BCUT2D eigenvalue weighted by Gasteiger charge is 2.20. The van der Waals surface area contributed by atoms with Gasteiger partial charge in [-0.05, 0) is 25.6 Å². The van der Waals surface area contributed by atoms with Crippen molar-refractivity contribution in [1.29, 1.82) is 0 Å². The van der Waals surface area contributed by atoms with Gasteiger partial charge in [0.05, 0.1) is 6.04 Å². The van der Waals surface area contributed by atoms with Crippen molar-refractivity contribution in [1.82, 2.24) is 5.32 Å². The third-order valence-corrected chi connectivity index (χ3v) is 2.23. The highest BCUT2D eigenvalue weighted by molar-refractivity contribution is 8.13. The number of rotatable bonds is 1. The van der Waals surface area contributed by atoms with Crippen LogP contribution in [0.25, 0.3) is 0 Å². The Morgan fingerprint density at radius 2 is 2.56 bits per heavy atom. The van der Waals surface area contributed by atoms with Gasteiger partial charge in [0.15, 0.2) is 0 Å². The number of hydrogen-bond donors (Lipinski definition) is 1. The first kappa shape index (κ1) is 7.09. The van der Waals surface area contributed by atoms with Crippen LogP contribution in [0, 0.1) is 0 Å². The Bertz CT molecular complexity index is 110. The van der Waals surface area contributed by atoms with Crippen LogP contribution in [0.2, 0.25) is 0 Å². The lowest BCUT2D eigenvalue weighted by molar-refractivity contribution is -0.112. The maximum absolute atomic E-state index is 10.9. The zero-order valence-corrected chi connectivity index (χ0v) is 6.33. The number of carbonyl (C=O) groups excluding carboxylic acids is 1. The Balaban J connectivity index is 2.32. The molecule has 1 aliphatic rings. The predicted molar refractivity (Wildman–Crippen MR) is 39.5 cm³/mol. The first-order valence-corrected chi connectivity index (χ1v) is 4.38. The lowest BCUT2D eigenvalue weighted by atomic mass is 10.2. The van der Waals surface area contributed by atoms with Gasteiger partial charge in [0.1, 0.15) is 0 Å². The number of carbonyl (C=O) groups is 1. The van der Waals surface area contributed by atoms with E-state index in [-0.39, 0.29) is 11.2 Å². The summed E-state index contributed by atoms with van der Waals surface area (Å²) < 4.78 is 0. The molecule has 2 nitrogen and oxygen atoms in total. The minimum atomic E-state index is 0.153. The van der Waals surface area contributed by atoms with Gasteiger partial charge < -0.3 is 5.32 Å². The molecule has 0 amide bonds. The van der Waals surface area contributed by atoms with E-state index >= 15 is 0 Å². The van der Waals surface area contributed by atoms with Crippen molar-refractivity contribution in [2.75, 3.05) is 12.8 Å². The number of thioether (sulfide) groups is 1. The molecule has 1 heterocycles. The van der Waals surface area contributed by atoms with E-state index in [0.717, 1.165) is 19.4 Å². The lowest BCUT2D eigenvalue weighted by Crippen LogP contribution is -2.28. The van der Waals surface area contributed by atoms with Crippen molar-refractivity contribution >= 4 is 16.9 Å². The summed E-state index contributed by atoms with van der Waals surface area (Å²) in [5, 5.41) is 3.42. The largest absolute Gasteiger partial charge is 0.307 e. The fraction of sp³-hybridized carbons (Fsp3) is 0.833. The first-order valence-electron chi connectivity index (χ1n) is 3.16. The predicted octanol–water partition coefficient (Wildman–Crippen LogP) is 0.628. The normalized spacial score (nSPS) is 26.6. The Morgan fingerprint density at radius 1 is 1.78 bits per heavy atom. The topological polar surface area (TPSA) is 29.1 Å². The molecule has 1 fully saturated rings. The third kappa shape index (κ3) is 1.69. The smallest absolute Gasteiger partial charge is 0.205 e. The molecule has 0 unspecified atom stereocenters. The van der Waals surface area contributed by atoms with E-state index in [1.807, 2.05) is 6.26 Å². The van der Waals surface area contributed by atoms with Crippen LogP contribution < -0.4 is 5.32 Å². The highest BCUT2D eigenvalue weighted by atomic mass is 32.2. The molecule has 0 saturated carbocycles. The van der Waals surface area contributed by atoms with Crippen molar-refractivity contribution in [3.05, 3.63) is 0 Å². The molecule has 1 saturated heterocycles. The fourth-order valence-corrected chi connectivity index (χ4v) is 1.51. The number of hydrogen-bond acceptors (Lipinski definition) is 3. The summed E-state index contributed by atoms with van der Waals surface area (Å²) in [7, 11) is 0. The molecule has 0 aromatic carbocycles. The second-order valence-electron chi connectivity index (χ2n) is 2.17. The molecule has 0 spiro atoms. The van der Waals surface area contributed by atoms with Crippen LogP contribution in [-0.4, -0.2) is 24.0 Å². The van der Waals surface area contributed by atoms with Crippen LogP contribution in [0.1, 0.15) is 12.8 Å². The molecule has 0 aromatic heterocycles. The molecule has 0 bridgehead atoms.